The summed E-state index contributed by atoms with van der Waals surface area (Å²) in [5.74, 6) is 1.21. The van der Waals surface area contributed by atoms with Crippen molar-refractivity contribution in [3.63, 3.8) is 0 Å². The first-order valence-electron chi connectivity index (χ1n) is 11.2. The van der Waals surface area contributed by atoms with Crippen LogP contribution in [0.3, 0.4) is 0 Å². The summed E-state index contributed by atoms with van der Waals surface area (Å²) >= 11 is 1.26. The van der Waals surface area contributed by atoms with Gasteiger partial charge in [0.15, 0.2) is 5.16 Å². The van der Waals surface area contributed by atoms with E-state index in [2.05, 4.69) is 21.6 Å². The Hall–Kier alpha value is -2.84. The summed E-state index contributed by atoms with van der Waals surface area (Å²) in [5.41, 5.74) is 7.61. The molecule has 2 aromatic rings. The van der Waals surface area contributed by atoms with Crippen molar-refractivity contribution in [3.8, 4) is 6.07 Å². The molecule has 3 heterocycles. The summed E-state index contributed by atoms with van der Waals surface area (Å²) in [6.07, 6.45) is 4.36. The van der Waals surface area contributed by atoms with Gasteiger partial charge in [0.1, 0.15) is 17.7 Å². The van der Waals surface area contributed by atoms with Gasteiger partial charge in [-0.2, -0.15) is 5.26 Å². The number of aromatic nitrogens is 4. The second-order valence-corrected chi connectivity index (χ2v) is 9.55. The summed E-state index contributed by atoms with van der Waals surface area (Å²) in [6.45, 7) is 5.59. The van der Waals surface area contributed by atoms with Crippen molar-refractivity contribution in [2.45, 2.75) is 76.2 Å². The van der Waals surface area contributed by atoms with Crippen molar-refractivity contribution in [2.75, 3.05) is 17.7 Å². The summed E-state index contributed by atoms with van der Waals surface area (Å²) in [6, 6.07) is 2.23. The third-order valence-corrected chi connectivity index (χ3v) is 7.18. The van der Waals surface area contributed by atoms with Gasteiger partial charge in [-0.05, 0) is 45.1 Å². The number of nitrogens with zero attached hydrogens (tertiary/aromatic N) is 5. The summed E-state index contributed by atoms with van der Waals surface area (Å²) in [5, 5.41) is 21.8. The highest BCUT2D eigenvalue weighted by Gasteiger charge is 2.31. The minimum absolute atomic E-state index is 0.0803. The molecule has 0 bridgehead atoms. The smallest absolute Gasteiger partial charge is 0.235 e. The van der Waals surface area contributed by atoms with Crippen LogP contribution in [0.1, 0.15) is 60.7 Å². The molecule has 1 unspecified atom stereocenters. The average molecular weight is 472 g/mol. The molecule has 10 nitrogen and oxygen atoms in total. The van der Waals surface area contributed by atoms with Crippen molar-refractivity contribution in [1.29, 1.82) is 5.26 Å². The molecule has 1 atom stereocenters. The van der Waals surface area contributed by atoms with E-state index in [1.807, 2.05) is 23.0 Å². The van der Waals surface area contributed by atoms with Gasteiger partial charge in [-0.15, -0.1) is 10.2 Å². The van der Waals surface area contributed by atoms with Crippen LogP contribution in [0.2, 0.25) is 0 Å². The first kappa shape index (κ1) is 23.3. The SMILES string of the molecule is Cc1c(C#N)c(NC(=O)CSc2nnc(C3CC3)n2CCC(N)=O)n(CC2CCCO2)c1C. The molecule has 1 saturated heterocycles. The Morgan fingerprint density at radius 1 is 1.27 bits per heavy atom. The Morgan fingerprint density at radius 2 is 2.06 bits per heavy atom. The number of ether oxygens (including phenoxy) is 1. The first-order chi connectivity index (χ1) is 15.9. The largest absolute Gasteiger partial charge is 0.376 e. The van der Waals surface area contributed by atoms with E-state index < -0.39 is 0 Å². The van der Waals surface area contributed by atoms with Gasteiger partial charge in [0, 0.05) is 31.2 Å². The third kappa shape index (κ3) is 5.23. The second-order valence-electron chi connectivity index (χ2n) is 8.61. The van der Waals surface area contributed by atoms with Gasteiger partial charge >= 0.3 is 0 Å². The Morgan fingerprint density at radius 3 is 2.70 bits per heavy atom. The highest BCUT2D eigenvalue weighted by atomic mass is 32.2. The van der Waals surface area contributed by atoms with E-state index in [0.29, 0.717) is 35.5 Å². The lowest BCUT2D eigenvalue weighted by Gasteiger charge is -2.17. The molecule has 176 valence electrons. The number of amides is 2. The average Bonchev–Trinajstić information content (AvgIpc) is 3.26. The maximum absolute atomic E-state index is 12.9. The molecule has 0 radical (unpaired) electrons. The Balaban J connectivity index is 1.47. The number of nitrogens with one attached hydrogen (secondary N) is 1. The topological polar surface area (TPSA) is 141 Å². The quantitative estimate of drug-likeness (QED) is 0.506. The van der Waals surface area contributed by atoms with Gasteiger partial charge in [0.05, 0.1) is 24.0 Å². The molecule has 33 heavy (non-hydrogen) atoms. The van der Waals surface area contributed by atoms with Crippen LogP contribution in [0, 0.1) is 25.2 Å². The predicted molar refractivity (Wildman–Crippen MR) is 123 cm³/mol. The fraction of sp³-hybridized carbons (Fsp3) is 0.591. The van der Waals surface area contributed by atoms with Crippen LogP contribution >= 0.6 is 11.8 Å². The van der Waals surface area contributed by atoms with E-state index in [4.69, 9.17) is 10.5 Å². The number of rotatable bonds is 10. The van der Waals surface area contributed by atoms with E-state index in [-0.39, 0.29) is 30.1 Å². The number of hydrogen-bond acceptors (Lipinski definition) is 7. The third-order valence-electron chi connectivity index (χ3n) is 6.21. The first-order valence-corrected chi connectivity index (χ1v) is 12.2. The molecule has 0 spiro atoms. The Bertz CT molecular complexity index is 1090. The molecule has 2 amide bonds. The molecule has 2 aromatic heterocycles. The van der Waals surface area contributed by atoms with Gasteiger partial charge in [-0.25, -0.2) is 0 Å². The zero-order valence-corrected chi connectivity index (χ0v) is 19.8. The zero-order chi connectivity index (χ0) is 23.5. The van der Waals surface area contributed by atoms with Crippen LogP contribution in [0.25, 0.3) is 0 Å². The van der Waals surface area contributed by atoms with Crippen molar-refractivity contribution in [3.05, 3.63) is 22.6 Å². The molecule has 0 aromatic carbocycles. The maximum atomic E-state index is 12.9. The molecule has 11 heteroatoms. The van der Waals surface area contributed by atoms with Gasteiger partial charge in [-0.1, -0.05) is 11.8 Å². The fourth-order valence-electron chi connectivity index (χ4n) is 4.13. The normalized spacial score (nSPS) is 17.8. The number of primary amides is 1. The number of carbonyl (C=O) groups is 2. The fourth-order valence-corrected chi connectivity index (χ4v) is 4.90. The van der Waals surface area contributed by atoms with Crippen LogP contribution in [-0.4, -0.2) is 49.6 Å². The number of nitriles is 1. The molecule has 3 N–H and O–H groups in total. The van der Waals surface area contributed by atoms with Gasteiger partial charge in [-0.3, -0.25) is 9.59 Å². The number of hydrogen-bond donors (Lipinski definition) is 2. The molecule has 4 rings (SSSR count). The zero-order valence-electron chi connectivity index (χ0n) is 19.0. The number of anilines is 1. The van der Waals surface area contributed by atoms with Gasteiger partial charge in [0.2, 0.25) is 11.8 Å². The van der Waals surface area contributed by atoms with Crippen LogP contribution in [0.5, 0.6) is 0 Å². The van der Waals surface area contributed by atoms with Crippen molar-refractivity contribution in [2.24, 2.45) is 5.73 Å². The van der Waals surface area contributed by atoms with E-state index in [9.17, 15) is 14.9 Å². The Labute approximate surface area is 196 Å². The van der Waals surface area contributed by atoms with E-state index in [1.54, 1.807) is 0 Å². The number of carbonyl (C=O) groups excluding carboxylic acids is 2. The van der Waals surface area contributed by atoms with Crippen LogP contribution in [0.15, 0.2) is 5.16 Å². The number of thioether (sulfide) groups is 1. The van der Waals surface area contributed by atoms with Crippen LogP contribution < -0.4 is 11.1 Å². The van der Waals surface area contributed by atoms with Crippen molar-refractivity contribution >= 4 is 29.4 Å². The van der Waals surface area contributed by atoms with Crippen molar-refractivity contribution in [1.82, 2.24) is 19.3 Å². The molecule has 2 aliphatic rings. The van der Waals surface area contributed by atoms with Gasteiger partial charge in [0.25, 0.3) is 0 Å². The van der Waals surface area contributed by atoms with Gasteiger partial charge < -0.3 is 24.9 Å². The van der Waals surface area contributed by atoms with E-state index in [1.165, 1.54) is 11.8 Å². The van der Waals surface area contributed by atoms with E-state index in [0.717, 1.165) is 49.4 Å². The van der Waals surface area contributed by atoms with Crippen LogP contribution in [-0.2, 0) is 27.4 Å². The molecule has 1 aliphatic heterocycles. The summed E-state index contributed by atoms with van der Waals surface area (Å²) < 4.78 is 9.65. The summed E-state index contributed by atoms with van der Waals surface area (Å²) in [4.78, 5) is 24.2. The molecular formula is C22H29N7O3S. The standard InChI is InChI=1S/C22H29N7O3S/c1-13-14(2)29(11-16-4-3-9-32-16)21(17(13)10-23)25-19(31)12-33-22-27-26-20(15-5-6-15)28(22)8-7-18(24)30/h15-16H,3-9,11-12H2,1-2H3,(H2,24,30)(H,25,31). The predicted octanol–water partition coefficient (Wildman–Crippen LogP) is 2.23. The maximum Gasteiger partial charge on any atom is 0.235 e. The second kappa shape index (κ2) is 9.97. The molecule has 1 saturated carbocycles. The summed E-state index contributed by atoms with van der Waals surface area (Å²) in [7, 11) is 0. The molecule has 1 aliphatic carbocycles. The highest BCUT2D eigenvalue weighted by Crippen LogP contribution is 2.40. The monoisotopic (exact) mass is 471 g/mol. The van der Waals surface area contributed by atoms with Crippen molar-refractivity contribution < 1.29 is 14.3 Å². The number of nitrogens with two attached hydrogens (primary N) is 1. The van der Waals surface area contributed by atoms with Crippen LogP contribution in [0.4, 0.5) is 5.82 Å². The minimum Gasteiger partial charge on any atom is -0.376 e. The lowest BCUT2D eigenvalue weighted by Crippen LogP contribution is -2.22. The Kier molecular flexibility index (Phi) is 7.05. The lowest BCUT2D eigenvalue weighted by molar-refractivity contribution is -0.118. The lowest BCUT2D eigenvalue weighted by atomic mass is 10.2. The minimum atomic E-state index is -0.388. The molecular weight excluding hydrogens is 442 g/mol. The molecule has 2 fully saturated rings. The highest BCUT2D eigenvalue weighted by molar-refractivity contribution is 7.99. The van der Waals surface area contributed by atoms with E-state index >= 15 is 0 Å².